The summed E-state index contributed by atoms with van der Waals surface area (Å²) in [6, 6.07) is 4.29. The molecule has 24 heavy (non-hydrogen) atoms. The van der Waals surface area contributed by atoms with Crippen LogP contribution in [0.5, 0.6) is 0 Å². The van der Waals surface area contributed by atoms with Crippen molar-refractivity contribution in [1.29, 1.82) is 5.26 Å². The lowest BCUT2D eigenvalue weighted by Gasteiger charge is -2.39. The molecule has 0 aromatic carbocycles. The molecule has 0 amide bonds. The zero-order valence-corrected chi connectivity index (χ0v) is 14.4. The van der Waals surface area contributed by atoms with Crippen LogP contribution in [0.1, 0.15) is 23.0 Å². The van der Waals surface area contributed by atoms with E-state index in [4.69, 9.17) is 10.00 Å². The summed E-state index contributed by atoms with van der Waals surface area (Å²) in [6.45, 7) is 3.12. The van der Waals surface area contributed by atoms with Crippen LogP contribution in [0.2, 0.25) is 0 Å². The summed E-state index contributed by atoms with van der Waals surface area (Å²) < 4.78 is 9.93. The predicted molar refractivity (Wildman–Crippen MR) is 90.2 cm³/mol. The molecule has 1 fully saturated rings. The molecule has 0 radical (unpaired) electrons. The van der Waals surface area contributed by atoms with Crippen molar-refractivity contribution in [2.75, 3.05) is 26.7 Å². The SMILES string of the molecule is CN1CCO[C@@H](CNCc2cc(C#N)n(C)c2)[C@@H]1c1cncn1C. The van der Waals surface area contributed by atoms with Gasteiger partial charge in [-0.1, -0.05) is 0 Å². The minimum absolute atomic E-state index is 0.0679. The highest BCUT2D eigenvalue weighted by atomic mass is 16.5. The average molecular weight is 328 g/mol. The zero-order valence-electron chi connectivity index (χ0n) is 14.4. The van der Waals surface area contributed by atoms with E-state index in [9.17, 15) is 0 Å². The minimum atomic E-state index is 0.0679. The van der Waals surface area contributed by atoms with E-state index in [0.717, 1.165) is 37.5 Å². The Morgan fingerprint density at radius 1 is 1.38 bits per heavy atom. The third-order valence-electron chi connectivity index (χ3n) is 4.61. The van der Waals surface area contributed by atoms with Crippen molar-refractivity contribution in [2.45, 2.75) is 18.7 Å². The highest BCUT2D eigenvalue weighted by molar-refractivity contribution is 5.28. The van der Waals surface area contributed by atoms with Crippen LogP contribution < -0.4 is 5.32 Å². The second-order valence-corrected chi connectivity index (χ2v) is 6.35. The van der Waals surface area contributed by atoms with E-state index < -0.39 is 0 Å². The van der Waals surface area contributed by atoms with Gasteiger partial charge in [0.05, 0.1) is 30.8 Å². The van der Waals surface area contributed by atoms with Crippen LogP contribution in [-0.4, -0.2) is 51.9 Å². The summed E-state index contributed by atoms with van der Waals surface area (Å²) in [7, 11) is 6.03. The molecule has 3 heterocycles. The number of aryl methyl sites for hydroxylation is 2. The number of rotatable bonds is 5. The first-order valence-electron chi connectivity index (χ1n) is 8.14. The molecule has 7 nitrogen and oxygen atoms in total. The Balaban J connectivity index is 1.64. The zero-order chi connectivity index (χ0) is 17.1. The lowest BCUT2D eigenvalue weighted by molar-refractivity contribution is -0.0636. The fraction of sp³-hybridized carbons (Fsp3) is 0.529. The Morgan fingerprint density at radius 3 is 2.88 bits per heavy atom. The maximum atomic E-state index is 9.03. The third kappa shape index (κ3) is 3.36. The molecule has 1 saturated heterocycles. The molecule has 1 aliphatic heterocycles. The molecule has 2 aromatic heterocycles. The Morgan fingerprint density at radius 2 is 2.21 bits per heavy atom. The van der Waals surface area contributed by atoms with Crippen molar-refractivity contribution >= 4 is 0 Å². The van der Waals surface area contributed by atoms with Crippen molar-refractivity contribution in [1.82, 2.24) is 24.3 Å². The number of morpholine rings is 1. The smallest absolute Gasteiger partial charge is 0.120 e. The van der Waals surface area contributed by atoms with Gasteiger partial charge in [0.2, 0.25) is 0 Å². The first-order valence-corrected chi connectivity index (χ1v) is 8.14. The summed E-state index contributed by atoms with van der Waals surface area (Å²) >= 11 is 0. The standard InChI is InChI=1S/C17H24N6O/c1-21-4-5-24-16(17(21)15-9-20-12-23(15)3)10-19-8-13-6-14(7-18)22(2)11-13/h6,9,11-12,16-17,19H,4-5,8,10H2,1-3H3/t16-,17-/m0/s1. The molecule has 0 aliphatic carbocycles. The van der Waals surface area contributed by atoms with Crippen molar-refractivity contribution in [3.8, 4) is 6.07 Å². The van der Waals surface area contributed by atoms with Gasteiger partial charge in [-0.25, -0.2) is 4.98 Å². The fourth-order valence-corrected chi connectivity index (χ4v) is 3.30. The first-order chi connectivity index (χ1) is 11.6. The lowest BCUT2D eigenvalue weighted by atomic mass is 10.0. The first kappa shape index (κ1) is 16.7. The van der Waals surface area contributed by atoms with Gasteiger partial charge in [-0.15, -0.1) is 0 Å². The summed E-state index contributed by atoms with van der Waals surface area (Å²) in [5, 5.41) is 12.5. The maximum Gasteiger partial charge on any atom is 0.120 e. The number of aromatic nitrogens is 3. The molecule has 1 N–H and O–H groups in total. The molecule has 1 aliphatic rings. The van der Waals surface area contributed by atoms with Gasteiger partial charge in [-0.2, -0.15) is 5.26 Å². The van der Waals surface area contributed by atoms with Crippen molar-refractivity contribution in [3.05, 3.63) is 41.7 Å². The Labute approximate surface area is 142 Å². The highest BCUT2D eigenvalue weighted by Crippen LogP contribution is 2.27. The molecule has 7 heteroatoms. The Hall–Kier alpha value is -2.14. The van der Waals surface area contributed by atoms with Crippen molar-refractivity contribution in [3.63, 3.8) is 0 Å². The number of nitrogens with one attached hydrogen (secondary N) is 1. The molecule has 0 saturated carbocycles. The van der Waals surface area contributed by atoms with Crippen LogP contribution in [0.15, 0.2) is 24.8 Å². The largest absolute Gasteiger partial charge is 0.374 e. The second-order valence-electron chi connectivity index (χ2n) is 6.35. The fourth-order valence-electron chi connectivity index (χ4n) is 3.30. The minimum Gasteiger partial charge on any atom is -0.374 e. The van der Waals surface area contributed by atoms with Gasteiger partial charge >= 0.3 is 0 Å². The van der Waals surface area contributed by atoms with E-state index in [-0.39, 0.29) is 12.1 Å². The summed E-state index contributed by atoms with van der Waals surface area (Å²) in [4.78, 5) is 6.57. The molecule has 0 unspecified atom stereocenters. The number of hydrogen-bond acceptors (Lipinski definition) is 5. The molecule has 0 bridgehead atoms. The highest BCUT2D eigenvalue weighted by Gasteiger charge is 2.32. The third-order valence-corrected chi connectivity index (χ3v) is 4.61. The number of ether oxygens (including phenoxy) is 1. The Kier molecular flexibility index (Phi) is 5.00. The van der Waals surface area contributed by atoms with Gasteiger partial charge in [-0.05, 0) is 18.7 Å². The number of nitriles is 1. The van der Waals surface area contributed by atoms with Crippen LogP contribution in [-0.2, 0) is 25.4 Å². The van der Waals surface area contributed by atoms with Crippen LogP contribution in [0.4, 0.5) is 0 Å². The van der Waals surface area contributed by atoms with Crippen LogP contribution in [0.25, 0.3) is 0 Å². The summed E-state index contributed by atoms with van der Waals surface area (Å²) in [6.07, 6.45) is 5.80. The monoisotopic (exact) mass is 328 g/mol. The van der Waals surface area contributed by atoms with Crippen molar-refractivity contribution in [2.24, 2.45) is 14.1 Å². The number of hydrogen-bond donors (Lipinski definition) is 1. The molecule has 2 atom stereocenters. The molecule has 3 rings (SSSR count). The van der Waals surface area contributed by atoms with Crippen molar-refractivity contribution < 1.29 is 4.74 Å². The number of nitrogens with zero attached hydrogens (tertiary/aromatic N) is 5. The Bertz CT molecular complexity index is 728. The number of imidazole rings is 1. The van der Waals surface area contributed by atoms with Gasteiger partial charge in [0, 0.05) is 46.1 Å². The van der Waals surface area contributed by atoms with Gasteiger partial charge in [-0.3, -0.25) is 4.90 Å². The molecule has 128 valence electrons. The van der Waals surface area contributed by atoms with Crippen LogP contribution >= 0.6 is 0 Å². The van der Waals surface area contributed by atoms with Crippen LogP contribution in [0.3, 0.4) is 0 Å². The lowest BCUT2D eigenvalue weighted by Crippen LogP contribution is -2.47. The van der Waals surface area contributed by atoms with E-state index in [0.29, 0.717) is 5.69 Å². The maximum absolute atomic E-state index is 9.03. The van der Waals surface area contributed by atoms with E-state index >= 15 is 0 Å². The van der Waals surface area contributed by atoms with Gasteiger partial charge < -0.3 is 19.2 Å². The summed E-state index contributed by atoms with van der Waals surface area (Å²) in [5.41, 5.74) is 2.94. The molecular formula is C17H24N6O. The topological polar surface area (TPSA) is 71.0 Å². The average Bonchev–Trinajstić information content (AvgIpc) is 3.13. The van der Waals surface area contributed by atoms with Gasteiger partial charge in [0.1, 0.15) is 11.8 Å². The van der Waals surface area contributed by atoms with E-state index in [1.54, 1.807) is 0 Å². The van der Waals surface area contributed by atoms with Gasteiger partial charge in [0.15, 0.2) is 0 Å². The predicted octanol–water partition coefficient (Wildman–Crippen LogP) is 0.792. The normalized spacial score (nSPS) is 21.8. The quantitative estimate of drug-likeness (QED) is 0.879. The van der Waals surface area contributed by atoms with E-state index in [2.05, 4.69) is 32.9 Å². The van der Waals surface area contributed by atoms with E-state index in [1.165, 1.54) is 0 Å². The molecule has 2 aromatic rings. The van der Waals surface area contributed by atoms with Crippen LogP contribution in [0, 0.1) is 11.3 Å². The number of likely N-dealkylation sites (N-methyl/N-ethyl adjacent to an activating group) is 1. The van der Waals surface area contributed by atoms with E-state index in [1.807, 2.05) is 43.4 Å². The summed E-state index contributed by atoms with van der Waals surface area (Å²) in [5.74, 6) is 0. The molecular weight excluding hydrogens is 304 g/mol. The second kappa shape index (κ2) is 7.18. The molecule has 0 spiro atoms. The van der Waals surface area contributed by atoms with Gasteiger partial charge in [0.25, 0.3) is 0 Å².